The molecule has 0 amide bonds. The molecule has 0 aliphatic carbocycles. The second-order valence-electron chi connectivity index (χ2n) is 17.2. The van der Waals surface area contributed by atoms with Crippen LogP contribution in [0.1, 0.15) is 52.7 Å². The fourth-order valence-corrected chi connectivity index (χ4v) is 12.9. The molecule has 0 aliphatic rings. The van der Waals surface area contributed by atoms with Crippen molar-refractivity contribution in [3.63, 3.8) is 0 Å². The normalized spacial score (nSPS) is 11.8. The van der Waals surface area contributed by atoms with Crippen molar-refractivity contribution in [1.29, 1.82) is 0 Å². The van der Waals surface area contributed by atoms with Crippen molar-refractivity contribution in [3.8, 4) is 50.6 Å². The maximum Gasteiger partial charge on any atom is 0.164 e. The SMILES string of the molecule is CC(C)(C)c1cc(-c2cccc(-c3[c-]c(-c4cc(-c5ccccc5)ccn4)cc([Si](c4ccccc4)(c4ccccc4)c4ccccc4)c3)n2)c(O)c(C(C)(C)C)c1.[Pt]. The predicted octanol–water partition coefficient (Wildman–Crippen LogP) is 10.6. The molecule has 1 N–H and O–H groups in total. The van der Waals surface area contributed by atoms with E-state index in [1.54, 1.807) is 0 Å². The largest absolute Gasteiger partial charge is 0.507 e. The first-order valence-electron chi connectivity index (χ1n) is 20.0. The summed E-state index contributed by atoms with van der Waals surface area (Å²) in [6.45, 7) is 13.1. The molecule has 0 spiro atoms. The van der Waals surface area contributed by atoms with Crippen LogP contribution >= 0.6 is 0 Å². The standard InChI is InChI=1S/C54H49N2OSi.Pt/c1-53(2,3)42-36-47(52(57)48(37-42)54(4,5)6)50-29-19-28-49(56-50)40-32-41(51-35-39(30-31-55-51)38-20-11-7-12-21-38)34-46(33-40)58(43-22-13-8-14-23-43,44-24-15-9-16-25-44)45-26-17-10-18-27-45;/h7-31,33-37,57H,1-6H3;/q-1;. The summed E-state index contributed by atoms with van der Waals surface area (Å²) in [4.78, 5) is 10.3. The van der Waals surface area contributed by atoms with Crippen molar-refractivity contribution >= 4 is 28.8 Å². The summed E-state index contributed by atoms with van der Waals surface area (Å²) in [6, 6.07) is 66.4. The van der Waals surface area contributed by atoms with Gasteiger partial charge in [-0.15, -0.1) is 23.4 Å². The fourth-order valence-electron chi connectivity index (χ4n) is 8.08. The van der Waals surface area contributed by atoms with Gasteiger partial charge < -0.3 is 5.11 Å². The van der Waals surface area contributed by atoms with Crippen LogP contribution in [0, 0.1) is 6.07 Å². The number of phenolic OH excluding ortho intramolecular Hbond substituents is 1. The Morgan fingerprint density at radius 1 is 0.475 bits per heavy atom. The number of nitrogens with zero attached hydrogens (tertiary/aromatic N) is 2. The molecule has 3 nitrogen and oxygen atoms in total. The minimum absolute atomic E-state index is 0. The van der Waals surface area contributed by atoms with Crippen LogP contribution < -0.4 is 20.7 Å². The van der Waals surface area contributed by atoms with E-state index in [1.807, 2.05) is 24.4 Å². The summed E-state index contributed by atoms with van der Waals surface area (Å²) >= 11 is 0. The maximum absolute atomic E-state index is 11.9. The van der Waals surface area contributed by atoms with Gasteiger partial charge >= 0.3 is 0 Å². The third-order valence-electron chi connectivity index (χ3n) is 11.2. The van der Waals surface area contributed by atoms with E-state index in [1.165, 1.54) is 20.7 Å². The zero-order valence-electron chi connectivity index (χ0n) is 34.5. The quantitative estimate of drug-likeness (QED) is 0.0938. The van der Waals surface area contributed by atoms with Crippen molar-refractivity contribution in [2.45, 2.75) is 52.4 Å². The molecule has 0 saturated heterocycles. The first kappa shape index (κ1) is 41.5. The molecule has 2 aromatic heterocycles. The van der Waals surface area contributed by atoms with Crippen LogP contribution in [0.5, 0.6) is 5.75 Å². The van der Waals surface area contributed by atoms with Crippen LogP contribution in [0.2, 0.25) is 0 Å². The number of benzene rings is 6. The van der Waals surface area contributed by atoms with E-state index in [9.17, 15) is 5.11 Å². The van der Waals surface area contributed by atoms with Crippen molar-refractivity contribution in [3.05, 3.63) is 199 Å². The number of phenols is 1. The van der Waals surface area contributed by atoms with Gasteiger partial charge in [-0.05, 0) is 61.3 Å². The molecule has 0 radical (unpaired) electrons. The Hall–Kier alpha value is -5.67. The van der Waals surface area contributed by atoms with Gasteiger partial charge in [0.15, 0.2) is 8.07 Å². The Labute approximate surface area is 365 Å². The monoisotopic (exact) mass is 964 g/mol. The van der Waals surface area contributed by atoms with Crippen molar-refractivity contribution in [2.75, 3.05) is 0 Å². The smallest absolute Gasteiger partial charge is 0.164 e. The summed E-state index contributed by atoms with van der Waals surface area (Å²) in [7, 11) is -2.96. The van der Waals surface area contributed by atoms with Crippen LogP contribution in [-0.2, 0) is 31.9 Å². The molecule has 5 heteroatoms. The second-order valence-corrected chi connectivity index (χ2v) is 21.0. The molecule has 0 saturated carbocycles. The molecule has 0 aliphatic heterocycles. The van der Waals surface area contributed by atoms with E-state index >= 15 is 0 Å². The Morgan fingerprint density at radius 2 is 0.983 bits per heavy atom. The van der Waals surface area contributed by atoms with Gasteiger partial charge in [0.1, 0.15) is 5.75 Å². The molecule has 0 atom stereocenters. The topological polar surface area (TPSA) is 46.0 Å². The van der Waals surface area contributed by atoms with Gasteiger partial charge in [0.25, 0.3) is 0 Å². The third kappa shape index (κ3) is 8.30. The number of hydrogen-bond acceptors (Lipinski definition) is 3. The molecule has 0 unspecified atom stereocenters. The summed E-state index contributed by atoms with van der Waals surface area (Å²) < 4.78 is 0. The number of rotatable bonds is 8. The Balaban J connectivity index is 0.00000528. The molecule has 6 aromatic carbocycles. The maximum atomic E-state index is 11.9. The van der Waals surface area contributed by atoms with Gasteiger partial charge in [-0.3, -0.25) is 9.97 Å². The van der Waals surface area contributed by atoms with Crippen LogP contribution in [0.4, 0.5) is 0 Å². The second kappa shape index (κ2) is 16.9. The summed E-state index contributed by atoms with van der Waals surface area (Å²) in [5.74, 6) is 0.272. The minimum Gasteiger partial charge on any atom is -0.507 e. The van der Waals surface area contributed by atoms with Gasteiger partial charge in [-0.1, -0.05) is 198 Å². The average molecular weight is 965 g/mol. The summed E-state index contributed by atoms with van der Waals surface area (Å²) in [5, 5.41) is 17.0. The molecule has 8 rings (SSSR count). The molecular weight excluding hydrogens is 916 g/mol. The van der Waals surface area contributed by atoms with Gasteiger partial charge in [0.2, 0.25) is 0 Å². The Kier molecular flexibility index (Phi) is 11.9. The van der Waals surface area contributed by atoms with Gasteiger partial charge in [-0.25, -0.2) is 0 Å². The van der Waals surface area contributed by atoms with Gasteiger partial charge in [0.05, 0.1) is 5.69 Å². The van der Waals surface area contributed by atoms with E-state index < -0.39 is 8.07 Å². The van der Waals surface area contributed by atoms with Crippen LogP contribution in [0.15, 0.2) is 182 Å². The third-order valence-corrected chi connectivity index (χ3v) is 15.9. The molecule has 59 heavy (non-hydrogen) atoms. The summed E-state index contributed by atoms with van der Waals surface area (Å²) in [6.07, 6.45) is 1.89. The van der Waals surface area contributed by atoms with E-state index in [-0.39, 0.29) is 37.6 Å². The number of hydrogen-bond donors (Lipinski definition) is 1. The molecule has 8 aromatic rings. The Morgan fingerprint density at radius 3 is 1.51 bits per heavy atom. The Bertz CT molecular complexity index is 2590. The minimum atomic E-state index is -2.96. The number of aromatic hydroxyl groups is 1. The summed E-state index contributed by atoms with van der Waals surface area (Å²) in [5.41, 5.74) is 8.70. The van der Waals surface area contributed by atoms with E-state index in [0.29, 0.717) is 5.69 Å². The fraction of sp³-hybridized carbons (Fsp3) is 0.148. The number of pyridine rings is 2. The first-order valence-corrected chi connectivity index (χ1v) is 22.0. The molecule has 296 valence electrons. The molecule has 0 fully saturated rings. The number of aromatic nitrogens is 2. The van der Waals surface area contributed by atoms with Crippen LogP contribution in [0.3, 0.4) is 0 Å². The van der Waals surface area contributed by atoms with Crippen molar-refractivity contribution in [1.82, 2.24) is 9.97 Å². The van der Waals surface area contributed by atoms with E-state index in [2.05, 4.69) is 205 Å². The average Bonchev–Trinajstić information content (AvgIpc) is 3.25. The van der Waals surface area contributed by atoms with Crippen molar-refractivity contribution < 1.29 is 26.2 Å². The van der Waals surface area contributed by atoms with Gasteiger partial charge in [0, 0.05) is 49.8 Å². The van der Waals surface area contributed by atoms with Crippen LogP contribution in [0.25, 0.3) is 44.9 Å². The van der Waals surface area contributed by atoms with E-state index in [4.69, 9.17) is 9.97 Å². The zero-order chi connectivity index (χ0) is 40.5. The molecule has 2 heterocycles. The first-order chi connectivity index (χ1) is 27.9. The van der Waals surface area contributed by atoms with Gasteiger partial charge in [-0.2, -0.15) is 0 Å². The van der Waals surface area contributed by atoms with E-state index in [0.717, 1.165) is 50.3 Å². The molecular formula is C54H49N2OPtSi-. The zero-order valence-corrected chi connectivity index (χ0v) is 37.8. The van der Waals surface area contributed by atoms with Crippen molar-refractivity contribution in [2.24, 2.45) is 0 Å². The predicted molar refractivity (Wildman–Crippen MR) is 245 cm³/mol. The van der Waals surface area contributed by atoms with Crippen LogP contribution in [-0.4, -0.2) is 23.1 Å². The molecule has 0 bridgehead atoms.